The summed E-state index contributed by atoms with van der Waals surface area (Å²) in [5.74, 6) is 0.863. The van der Waals surface area contributed by atoms with Gasteiger partial charge in [0.1, 0.15) is 18.0 Å². The molecule has 0 radical (unpaired) electrons. The van der Waals surface area contributed by atoms with Crippen molar-refractivity contribution in [2.45, 2.75) is 71.1 Å². The summed E-state index contributed by atoms with van der Waals surface area (Å²) >= 11 is 5.95. The highest BCUT2D eigenvalue weighted by atomic mass is 35.5. The van der Waals surface area contributed by atoms with Crippen molar-refractivity contribution < 1.29 is 28.2 Å². The zero-order chi connectivity index (χ0) is 33.4. The number of carbonyl (C=O) groups is 2. The highest BCUT2D eigenvalue weighted by Gasteiger charge is 2.22. The molecule has 10 nitrogen and oxygen atoms in total. The Balaban J connectivity index is 1.16. The first-order valence-electron chi connectivity index (χ1n) is 16.7. The largest absolute Gasteiger partial charge is 0.493 e. The van der Waals surface area contributed by atoms with Gasteiger partial charge in [-0.15, -0.1) is 0 Å². The molecule has 0 bridgehead atoms. The number of hydrogen-bond donors (Lipinski definition) is 1. The van der Waals surface area contributed by atoms with Gasteiger partial charge in [0.25, 0.3) is 0 Å². The van der Waals surface area contributed by atoms with E-state index in [1.54, 1.807) is 19.2 Å². The first kappa shape index (κ1) is 36.1. The zero-order valence-electron chi connectivity index (χ0n) is 27.6. The van der Waals surface area contributed by atoms with Gasteiger partial charge in [0.05, 0.1) is 37.3 Å². The number of methoxy groups -OCH3 is 1. The molecule has 1 amide bonds. The van der Waals surface area contributed by atoms with Crippen molar-refractivity contribution in [1.29, 1.82) is 0 Å². The van der Waals surface area contributed by atoms with Crippen LogP contribution in [0.3, 0.4) is 0 Å². The molecular formula is C35H47ClFN5O5. The van der Waals surface area contributed by atoms with Gasteiger partial charge in [-0.05, 0) is 37.1 Å². The van der Waals surface area contributed by atoms with Gasteiger partial charge in [0, 0.05) is 56.3 Å². The Labute approximate surface area is 281 Å². The maximum absolute atomic E-state index is 13.6. The Bertz CT molecular complexity index is 1450. The Morgan fingerprint density at radius 2 is 1.68 bits per heavy atom. The Hall–Kier alpha value is -3.70. The smallest absolute Gasteiger partial charge is 0.306 e. The predicted molar refractivity (Wildman–Crippen MR) is 182 cm³/mol. The fraction of sp³-hybridized carbons (Fsp3) is 0.543. The highest BCUT2D eigenvalue weighted by Crippen LogP contribution is 2.35. The van der Waals surface area contributed by atoms with Crippen LogP contribution in [-0.4, -0.2) is 84.7 Å². The number of aromatic nitrogens is 2. The van der Waals surface area contributed by atoms with Crippen LogP contribution in [0.4, 0.5) is 15.9 Å². The Morgan fingerprint density at radius 3 is 2.43 bits per heavy atom. The molecule has 1 aromatic heterocycles. The van der Waals surface area contributed by atoms with Gasteiger partial charge in [-0.3, -0.25) is 14.5 Å². The molecule has 12 heteroatoms. The number of benzene rings is 2. The lowest BCUT2D eigenvalue weighted by Gasteiger charge is -2.34. The number of carbonyl (C=O) groups excluding carboxylic acids is 2. The van der Waals surface area contributed by atoms with E-state index in [1.165, 1.54) is 50.6 Å². The molecule has 256 valence electrons. The summed E-state index contributed by atoms with van der Waals surface area (Å²) in [4.78, 5) is 37.6. The van der Waals surface area contributed by atoms with Crippen LogP contribution in [-0.2, 0) is 14.3 Å². The van der Waals surface area contributed by atoms with Crippen LogP contribution < -0.4 is 14.8 Å². The van der Waals surface area contributed by atoms with Crippen molar-refractivity contribution in [2.75, 3.05) is 58.4 Å². The van der Waals surface area contributed by atoms with Gasteiger partial charge in [0.15, 0.2) is 11.5 Å². The SMILES string of the molecule is CCCCCCCCCOC(=O)CCC(=O)N1CCN(CCCOc2cc3c(Nc4ccc(F)c(Cl)c4)ncnc3cc2OC)CC1. The minimum Gasteiger partial charge on any atom is -0.493 e. The number of anilines is 2. The first-order chi connectivity index (χ1) is 22.9. The monoisotopic (exact) mass is 671 g/mol. The van der Waals surface area contributed by atoms with E-state index >= 15 is 0 Å². The molecule has 0 aliphatic carbocycles. The van der Waals surface area contributed by atoms with Crippen LogP contribution in [0.5, 0.6) is 11.5 Å². The van der Waals surface area contributed by atoms with E-state index in [2.05, 4.69) is 27.1 Å². The number of fused-ring (bicyclic) bond motifs is 1. The van der Waals surface area contributed by atoms with Crippen molar-refractivity contribution in [1.82, 2.24) is 19.8 Å². The van der Waals surface area contributed by atoms with Gasteiger partial charge >= 0.3 is 5.97 Å². The van der Waals surface area contributed by atoms with Crippen molar-refractivity contribution in [3.05, 3.63) is 47.5 Å². The summed E-state index contributed by atoms with van der Waals surface area (Å²) in [6.07, 6.45) is 10.7. The number of amides is 1. The molecule has 0 unspecified atom stereocenters. The van der Waals surface area contributed by atoms with Crippen LogP contribution in [0, 0.1) is 5.82 Å². The number of ether oxygens (including phenoxy) is 3. The molecule has 0 atom stereocenters. The summed E-state index contributed by atoms with van der Waals surface area (Å²) in [6.45, 7) is 6.76. The number of rotatable bonds is 19. The van der Waals surface area contributed by atoms with Crippen LogP contribution in [0.15, 0.2) is 36.7 Å². The lowest BCUT2D eigenvalue weighted by molar-refractivity contribution is -0.146. The van der Waals surface area contributed by atoms with E-state index in [-0.39, 0.29) is 29.7 Å². The third-order valence-electron chi connectivity index (χ3n) is 8.26. The van der Waals surface area contributed by atoms with E-state index in [0.29, 0.717) is 60.2 Å². The second-order valence-electron chi connectivity index (χ2n) is 11.8. The molecule has 4 rings (SSSR count). The quantitative estimate of drug-likeness (QED) is 0.105. The average Bonchev–Trinajstić information content (AvgIpc) is 3.08. The summed E-state index contributed by atoms with van der Waals surface area (Å²) in [6, 6.07) is 8.00. The van der Waals surface area contributed by atoms with E-state index in [4.69, 9.17) is 25.8 Å². The van der Waals surface area contributed by atoms with Crippen molar-refractivity contribution in [2.24, 2.45) is 0 Å². The summed E-state index contributed by atoms with van der Waals surface area (Å²) in [5, 5.41) is 3.90. The number of unbranched alkanes of at least 4 members (excludes halogenated alkanes) is 6. The van der Waals surface area contributed by atoms with Crippen LogP contribution >= 0.6 is 11.6 Å². The predicted octanol–water partition coefficient (Wildman–Crippen LogP) is 7.16. The van der Waals surface area contributed by atoms with Gasteiger partial charge in [0.2, 0.25) is 5.91 Å². The number of piperazine rings is 1. The molecule has 3 aromatic rings. The highest BCUT2D eigenvalue weighted by molar-refractivity contribution is 6.31. The molecule has 2 aromatic carbocycles. The van der Waals surface area contributed by atoms with Crippen LogP contribution in [0.2, 0.25) is 5.02 Å². The molecule has 0 saturated carbocycles. The minimum atomic E-state index is -0.497. The molecule has 1 aliphatic heterocycles. The molecule has 1 aliphatic rings. The van der Waals surface area contributed by atoms with Crippen LogP contribution in [0.1, 0.15) is 71.1 Å². The maximum atomic E-state index is 13.6. The van der Waals surface area contributed by atoms with E-state index < -0.39 is 5.82 Å². The van der Waals surface area contributed by atoms with Gasteiger partial charge in [-0.2, -0.15) is 0 Å². The Morgan fingerprint density at radius 1 is 0.915 bits per heavy atom. The lowest BCUT2D eigenvalue weighted by Crippen LogP contribution is -2.49. The first-order valence-corrected chi connectivity index (χ1v) is 17.1. The number of hydrogen-bond acceptors (Lipinski definition) is 9. The molecule has 47 heavy (non-hydrogen) atoms. The molecule has 1 saturated heterocycles. The van der Waals surface area contributed by atoms with Crippen molar-refractivity contribution in [3.8, 4) is 11.5 Å². The Kier molecular flexibility index (Phi) is 14.8. The third-order valence-corrected chi connectivity index (χ3v) is 8.55. The summed E-state index contributed by atoms with van der Waals surface area (Å²) in [7, 11) is 1.58. The van der Waals surface area contributed by atoms with Gasteiger partial charge in [-0.25, -0.2) is 14.4 Å². The number of esters is 1. The topological polar surface area (TPSA) is 106 Å². The van der Waals surface area contributed by atoms with Crippen molar-refractivity contribution in [3.63, 3.8) is 0 Å². The fourth-order valence-corrected chi connectivity index (χ4v) is 5.70. The molecular weight excluding hydrogens is 625 g/mol. The molecule has 0 spiro atoms. The van der Waals surface area contributed by atoms with Gasteiger partial charge < -0.3 is 24.4 Å². The maximum Gasteiger partial charge on any atom is 0.306 e. The van der Waals surface area contributed by atoms with Gasteiger partial charge in [-0.1, -0.05) is 57.0 Å². The normalized spacial score (nSPS) is 13.5. The lowest BCUT2D eigenvalue weighted by atomic mass is 10.1. The number of nitrogens with zero attached hydrogens (tertiary/aromatic N) is 4. The zero-order valence-corrected chi connectivity index (χ0v) is 28.3. The second kappa shape index (κ2) is 19.2. The van der Waals surface area contributed by atoms with Crippen molar-refractivity contribution >= 4 is 45.9 Å². The minimum absolute atomic E-state index is 0.00428. The fourth-order valence-electron chi connectivity index (χ4n) is 5.52. The van der Waals surface area contributed by atoms with E-state index in [1.807, 2.05) is 11.0 Å². The van der Waals surface area contributed by atoms with Crippen LogP contribution in [0.25, 0.3) is 10.9 Å². The molecule has 2 heterocycles. The number of nitrogens with one attached hydrogen (secondary N) is 1. The summed E-state index contributed by atoms with van der Waals surface area (Å²) in [5.41, 5.74) is 1.25. The third kappa shape index (κ3) is 11.5. The molecule has 1 fully saturated rings. The standard InChI is InChI=1S/C35H47ClFN5O5/c1-3-4-5-6-7-8-9-20-47-34(44)14-13-33(43)42-18-16-41(17-19-42)15-10-21-46-32-23-27-30(24-31(32)45-2)38-25-39-35(27)40-26-11-12-29(37)28(36)22-26/h11-12,22-25H,3-10,13-21H2,1-2H3,(H,38,39,40). The van der Waals surface area contributed by atoms with E-state index in [9.17, 15) is 14.0 Å². The average molecular weight is 672 g/mol. The van der Waals surface area contributed by atoms with E-state index in [0.717, 1.165) is 38.9 Å². The second-order valence-corrected chi connectivity index (χ2v) is 12.2. The number of halogens is 2. The summed E-state index contributed by atoms with van der Waals surface area (Å²) < 4.78 is 30.6. The molecule has 1 N–H and O–H groups in total.